The Bertz CT molecular complexity index is 316. The van der Waals surface area contributed by atoms with Crippen LogP contribution in [-0.2, 0) is 4.74 Å². The molecule has 0 saturated heterocycles. The average molecular weight is 234 g/mol. The molecule has 0 saturated carbocycles. The van der Waals surface area contributed by atoms with E-state index in [1.807, 2.05) is 37.3 Å². The number of benzene rings is 1. The van der Waals surface area contributed by atoms with Gasteiger partial charge in [0.05, 0.1) is 0 Å². The van der Waals surface area contributed by atoms with Crippen LogP contribution < -0.4 is 4.74 Å². The van der Waals surface area contributed by atoms with Crippen molar-refractivity contribution < 1.29 is 9.47 Å². The molecular formula is C15H22O2. The van der Waals surface area contributed by atoms with Crippen molar-refractivity contribution in [2.75, 3.05) is 6.61 Å². The van der Waals surface area contributed by atoms with Gasteiger partial charge in [-0.05, 0) is 31.0 Å². The Labute approximate surface area is 104 Å². The Morgan fingerprint density at radius 2 is 1.94 bits per heavy atom. The SMILES string of the molecule is C=Cc1ccc(OC(CCCC)OCC)cc1. The number of unbranched alkanes of at least 4 members (excludes halogenated alkanes) is 1. The number of ether oxygens (including phenoxy) is 2. The molecule has 0 aromatic heterocycles. The molecule has 0 N–H and O–H groups in total. The van der Waals surface area contributed by atoms with Crippen molar-refractivity contribution in [2.24, 2.45) is 0 Å². The highest BCUT2D eigenvalue weighted by Gasteiger charge is 2.09. The molecule has 0 amide bonds. The zero-order chi connectivity index (χ0) is 12.5. The van der Waals surface area contributed by atoms with Crippen LogP contribution in [0.15, 0.2) is 30.8 Å². The van der Waals surface area contributed by atoms with Gasteiger partial charge < -0.3 is 9.47 Å². The molecule has 94 valence electrons. The van der Waals surface area contributed by atoms with E-state index < -0.39 is 0 Å². The summed E-state index contributed by atoms with van der Waals surface area (Å²) in [6.45, 7) is 8.56. The summed E-state index contributed by atoms with van der Waals surface area (Å²) >= 11 is 0. The van der Waals surface area contributed by atoms with Gasteiger partial charge >= 0.3 is 0 Å². The van der Waals surface area contributed by atoms with Gasteiger partial charge in [0, 0.05) is 13.0 Å². The third kappa shape index (κ3) is 5.05. The second-order valence-electron chi connectivity index (χ2n) is 3.92. The number of hydrogen-bond acceptors (Lipinski definition) is 2. The largest absolute Gasteiger partial charge is 0.465 e. The molecular weight excluding hydrogens is 212 g/mol. The molecule has 1 unspecified atom stereocenters. The van der Waals surface area contributed by atoms with Crippen molar-refractivity contribution in [2.45, 2.75) is 39.4 Å². The highest BCUT2D eigenvalue weighted by molar-refractivity contribution is 5.48. The Balaban J connectivity index is 2.54. The van der Waals surface area contributed by atoms with E-state index in [1.165, 1.54) is 0 Å². The molecule has 2 heteroatoms. The lowest BCUT2D eigenvalue weighted by Gasteiger charge is -2.18. The summed E-state index contributed by atoms with van der Waals surface area (Å²) in [6.07, 6.45) is 4.90. The minimum Gasteiger partial charge on any atom is -0.465 e. The molecule has 0 radical (unpaired) electrons. The van der Waals surface area contributed by atoms with Gasteiger partial charge in [-0.25, -0.2) is 0 Å². The quantitative estimate of drug-likeness (QED) is 0.626. The first kappa shape index (κ1) is 13.8. The van der Waals surface area contributed by atoms with E-state index in [9.17, 15) is 0 Å². The van der Waals surface area contributed by atoms with Crippen LogP contribution in [0.5, 0.6) is 5.75 Å². The lowest BCUT2D eigenvalue weighted by molar-refractivity contribution is -0.0806. The molecule has 1 atom stereocenters. The normalized spacial score (nSPS) is 12.1. The van der Waals surface area contributed by atoms with Crippen LogP contribution in [0.25, 0.3) is 6.08 Å². The first-order chi connectivity index (χ1) is 8.30. The van der Waals surface area contributed by atoms with Crippen LogP contribution in [-0.4, -0.2) is 12.9 Å². The molecule has 1 aromatic carbocycles. The van der Waals surface area contributed by atoms with E-state index in [0.717, 1.165) is 30.6 Å². The lowest BCUT2D eigenvalue weighted by Crippen LogP contribution is -2.20. The van der Waals surface area contributed by atoms with Crippen LogP contribution in [0.1, 0.15) is 38.7 Å². The van der Waals surface area contributed by atoms with Crippen molar-refractivity contribution in [1.29, 1.82) is 0 Å². The van der Waals surface area contributed by atoms with Crippen LogP contribution in [0.3, 0.4) is 0 Å². The molecule has 0 aliphatic heterocycles. The summed E-state index contributed by atoms with van der Waals surface area (Å²) in [5, 5.41) is 0. The molecule has 0 aliphatic rings. The number of rotatable bonds is 8. The fraction of sp³-hybridized carbons (Fsp3) is 0.467. The van der Waals surface area contributed by atoms with Crippen molar-refractivity contribution in [3.05, 3.63) is 36.4 Å². The predicted octanol–water partition coefficient (Wildman–Crippen LogP) is 4.26. The second kappa shape index (κ2) is 7.91. The van der Waals surface area contributed by atoms with Gasteiger partial charge in [-0.2, -0.15) is 0 Å². The van der Waals surface area contributed by atoms with E-state index in [4.69, 9.17) is 9.47 Å². The molecule has 0 fully saturated rings. The van der Waals surface area contributed by atoms with E-state index in [0.29, 0.717) is 6.61 Å². The average Bonchev–Trinajstić information content (AvgIpc) is 2.37. The van der Waals surface area contributed by atoms with Gasteiger partial charge in [0.15, 0.2) is 6.29 Å². The zero-order valence-corrected chi connectivity index (χ0v) is 10.8. The summed E-state index contributed by atoms with van der Waals surface area (Å²) in [5.41, 5.74) is 1.10. The molecule has 1 rings (SSSR count). The zero-order valence-electron chi connectivity index (χ0n) is 10.8. The van der Waals surface area contributed by atoms with Crippen molar-refractivity contribution in [1.82, 2.24) is 0 Å². The third-order valence-electron chi connectivity index (χ3n) is 2.53. The minimum atomic E-state index is -0.130. The Morgan fingerprint density at radius 1 is 1.24 bits per heavy atom. The van der Waals surface area contributed by atoms with E-state index >= 15 is 0 Å². The lowest BCUT2D eigenvalue weighted by atomic mass is 10.2. The minimum absolute atomic E-state index is 0.130. The topological polar surface area (TPSA) is 18.5 Å². The van der Waals surface area contributed by atoms with Crippen molar-refractivity contribution >= 4 is 6.08 Å². The summed E-state index contributed by atoms with van der Waals surface area (Å²) in [4.78, 5) is 0. The van der Waals surface area contributed by atoms with Crippen molar-refractivity contribution in [3.63, 3.8) is 0 Å². The fourth-order valence-electron chi connectivity index (χ4n) is 1.57. The van der Waals surface area contributed by atoms with Crippen LogP contribution in [0.4, 0.5) is 0 Å². The van der Waals surface area contributed by atoms with Gasteiger partial charge in [0.25, 0.3) is 0 Å². The van der Waals surface area contributed by atoms with Gasteiger partial charge in [0.1, 0.15) is 5.75 Å². The van der Waals surface area contributed by atoms with Gasteiger partial charge in [-0.1, -0.05) is 38.1 Å². The summed E-state index contributed by atoms with van der Waals surface area (Å²) in [5.74, 6) is 0.852. The van der Waals surface area contributed by atoms with E-state index in [1.54, 1.807) is 0 Å². The smallest absolute Gasteiger partial charge is 0.199 e. The van der Waals surface area contributed by atoms with Crippen LogP contribution >= 0.6 is 0 Å². The number of hydrogen-bond donors (Lipinski definition) is 0. The van der Waals surface area contributed by atoms with Gasteiger partial charge in [-0.3, -0.25) is 0 Å². The Kier molecular flexibility index (Phi) is 6.41. The Morgan fingerprint density at radius 3 is 2.47 bits per heavy atom. The van der Waals surface area contributed by atoms with E-state index in [-0.39, 0.29) is 6.29 Å². The van der Waals surface area contributed by atoms with Gasteiger partial charge in [0.2, 0.25) is 0 Å². The molecule has 1 aromatic rings. The molecule has 0 aliphatic carbocycles. The van der Waals surface area contributed by atoms with Gasteiger partial charge in [-0.15, -0.1) is 0 Å². The second-order valence-corrected chi connectivity index (χ2v) is 3.92. The van der Waals surface area contributed by atoms with Crippen LogP contribution in [0.2, 0.25) is 0 Å². The summed E-state index contributed by atoms with van der Waals surface area (Å²) in [6, 6.07) is 7.89. The first-order valence-corrected chi connectivity index (χ1v) is 6.30. The molecule has 2 nitrogen and oxygen atoms in total. The summed E-state index contributed by atoms with van der Waals surface area (Å²) in [7, 11) is 0. The highest BCUT2D eigenvalue weighted by atomic mass is 16.7. The fourth-order valence-corrected chi connectivity index (χ4v) is 1.57. The highest BCUT2D eigenvalue weighted by Crippen LogP contribution is 2.17. The maximum absolute atomic E-state index is 5.80. The first-order valence-electron chi connectivity index (χ1n) is 6.30. The molecule has 17 heavy (non-hydrogen) atoms. The molecule has 0 bridgehead atoms. The van der Waals surface area contributed by atoms with E-state index in [2.05, 4.69) is 13.5 Å². The van der Waals surface area contributed by atoms with Crippen molar-refractivity contribution in [3.8, 4) is 5.75 Å². The monoisotopic (exact) mass is 234 g/mol. The maximum Gasteiger partial charge on any atom is 0.199 e. The predicted molar refractivity (Wildman–Crippen MR) is 72.1 cm³/mol. The molecule has 0 heterocycles. The maximum atomic E-state index is 5.80. The third-order valence-corrected chi connectivity index (χ3v) is 2.53. The Hall–Kier alpha value is -1.28. The summed E-state index contributed by atoms with van der Waals surface area (Å²) < 4.78 is 11.4. The van der Waals surface area contributed by atoms with Crippen LogP contribution in [0, 0.1) is 0 Å². The molecule has 0 spiro atoms. The standard InChI is InChI=1S/C15H22O2/c1-4-7-8-15(16-6-3)17-14-11-9-13(5-2)10-12-14/h5,9-12,15H,2,4,6-8H2,1,3H3.